The van der Waals surface area contributed by atoms with Crippen LogP contribution < -0.4 is 0 Å². The van der Waals surface area contributed by atoms with Crippen LogP contribution >= 0.6 is 0 Å². The number of unbranched alkanes of at least 4 members (excludes halogenated alkanes) is 9. The summed E-state index contributed by atoms with van der Waals surface area (Å²) in [6.07, 6.45) is 15.7. The molecule has 17 heavy (non-hydrogen) atoms. The van der Waals surface area contributed by atoms with Gasteiger partial charge >= 0.3 is 5.97 Å². The molecular weight excluding hydrogens is 259 g/mol. The molecule has 0 aliphatic carbocycles. The summed E-state index contributed by atoms with van der Waals surface area (Å²) >= 11 is 0. The van der Waals surface area contributed by atoms with E-state index < -0.39 is 5.97 Å². The van der Waals surface area contributed by atoms with Crippen molar-refractivity contribution in [2.45, 2.75) is 71.1 Å². The summed E-state index contributed by atoms with van der Waals surface area (Å²) in [4.78, 5) is 10.2. The minimum atomic E-state index is -0.837. The Bertz CT molecular complexity index is 191. The fourth-order valence-corrected chi connectivity index (χ4v) is 1.76. The van der Waals surface area contributed by atoms with E-state index in [1.807, 2.05) is 0 Å². The van der Waals surface area contributed by atoms with E-state index in [2.05, 4.69) is 6.92 Å². The molecule has 0 aromatic heterocycles. The maximum Gasteiger partial charge on any atom is 0.327 e. The number of rotatable bonds is 11. The first-order chi connectivity index (χ1) is 7.77. The van der Waals surface area contributed by atoms with Crippen molar-refractivity contribution in [3.8, 4) is 0 Å². The zero-order valence-corrected chi connectivity index (χ0v) is 12.0. The first-order valence-electron chi connectivity index (χ1n) is 6.67. The summed E-state index contributed by atoms with van der Waals surface area (Å²) in [6.45, 7) is 2.24. The first kappa shape index (κ1) is 19.1. The van der Waals surface area contributed by atoms with Crippen molar-refractivity contribution in [3.05, 3.63) is 12.2 Å². The molecule has 0 atom stereocenters. The number of hydrogen-bond donors (Lipinski definition) is 1. The first-order valence-corrected chi connectivity index (χ1v) is 6.67. The maximum atomic E-state index is 10.2. The van der Waals surface area contributed by atoms with Crippen LogP contribution in [0.5, 0.6) is 0 Å². The molecule has 0 aromatic carbocycles. The Morgan fingerprint density at radius 1 is 0.941 bits per heavy atom. The summed E-state index contributed by atoms with van der Waals surface area (Å²) in [7, 11) is 0. The van der Waals surface area contributed by atoms with Gasteiger partial charge in [0, 0.05) is 22.9 Å². The van der Waals surface area contributed by atoms with E-state index in [0.717, 1.165) is 12.8 Å². The second kappa shape index (κ2) is 15.7. The second-order valence-electron chi connectivity index (χ2n) is 4.36. The zero-order chi connectivity index (χ0) is 12.1. The number of carboxylic acid groups (broad SMARTS) is 1. The van der Waals surface area contributed by atoms with E-state index in [-0.39, 0.29) is 16.8 Å². The number of aliphatic carboxylic acids is 1. The third-order valence-corrected chi connectivity index (χ3v) is 2.73. The third-order valence-electron chi connectivity index (χ3n) is 2.73. The predicted molar refractivity (Wildman–Crippen MR) is 68.6 cm³/mol. The van der Waals surface area contributed by atoms with Crippen LogP contribution in [0.15, 0.2) is 12.2 Å². The molecule has 0 heterocycles. The fourth-order valence-electron chi connectivity index (χ4n) is 1.76. The molecule has 0 rings (SSSR count). The van der Waals surface area contributed by atoms with E-state index in [4.69, 9.17) is 5.11 Å². The largest absolute Gasteiger partial charge is 0.478 e. The number of hydrogen-bond acceptors (Lipinski definition) is 1. The summed E-state index contributed by atoms with van der Waals surface area (Å²) in [5, 5.41) is 8.37. The standard InChI is InChI=1S/C14H26O2.Co/c1-2-3-4-5-6-7-8-9-10-11-12-13-14(15)16;/h12-13H,2-11H2,1H3,(H,15,16);. The molecule has 0 aromatic rings. The van der Waals surface area contributed by atoms with Gasteiger partial charge in [0.05, 0.1) is 0 Å². The zero-order valence-electron chi connectivity index (χ0n) is 10.9. The summed E-state index contributed by atoms with van der Waals surface area (Å²) < 4.78 is 0. The number of carboxylic acids is 1. The summed E-state index contributed by atoms with van der Waals surface area (Å²) in [5.41, 5.74) is 0. The molecule has 0 saturated carbocycles. The minimum Gasteiger partial charge on any atom is -0.478 e. The van der Waals surface area contributed by atoms with Gasteiger partial charge in [0.15, 0.2) is 0 Å². The van der Waals surface area contributed by atoms with E-state index in [9.17, 15) is 4.79 Å². The van der Waals surface area contributed by atoms with Gasteiger partial charge in [-0.25, -0.2) is 4.79 Å². The molecule has 0 spiro atoms. The Morgan fingerprint density at radius 3 is 1.88 bits per heavy atom. The smallest absolute Gasteiger partial charge is 0.327 e. The predicted octanol–water partition coefficient (Wildman–Crippen LogP) is 4.55. The van der Waals surface area contributed by atoms with Crippen molar-refractivity contribution < 1.29 is 26.7 Å². The van der Waals surface area contributed by atoms with Crippen LogP contribution in [0.4, 0.5) is 0 Å². The molecule has 0 bridgehead atoms. The molecule has 103 valence electrons. The molecule has 3 heteroatoms. The van der Waals surface area contributed by atoms with E-state index in [0.29, 0.717) is 0 Å². The van der Waals surface area contributed by atoms with Gasteiger partial charge in [-0.05, 0) is 12.8 Å². The summed E-state index contributed by atoms with van der Waals surface area (Å²) in [6, 6.07) is 0. The Balaban J connectivity index is 0. The van der Waals surface area contributed by atoms with Crippen LogP contribution in [-0.4, -0.2) is 11.1 Å². The van der Waals surface area contributed by atoms with E-state index in [1.54, 1.807) is 6.08 Å². The van der Waals surface area contributed by atoms with Crippen molar-refractivity contribution in [1.82, 2.24) is 0 Å². The second-order valence-corrected chi connectivity index (χ2v) is 4.36. The van der Waals surface area contributed by atoms with Crippen molar-refractivity contribution in [3.63, 3.8) is 0 Å². The molecule has 1 radical (unpaired) electrons. The normalized spacial score (nSPS) is 10.4. The third kappa shape index (κ3) is 18.3. The van der Waals surface area contributed by atoms with Crippen LogP contribution in [-0.2, 0) is 21.6 Å². The average molecular weight is 285 g/mol. The van der Waals surface area contributed by atoms with Gasteiger partial charge < -0.3 is 5.11 Å². The van der Waals surface area contributed by atoms with E-state index in [1.165, 1.54) is 57.4 Å². The fraction of sp³-hybridized carbons (Fsp3) is 0.786. The van der Waals surface area contributed by atoms with Gasteiger partial charge in [-0.2, -0.15) is 0 Å². The van der Waals surface area contributed by atoms with E-state index >= 15 is 0 Å². The molecule has 0 unspecified atom stereocenters. The number of carbonyl (C=O) groups is 1. The Hall–Kier alpha value is -0.284. The minimum absolute atomic E-state index is 0. The van der Waals surface area contributed by atoms with Crippen LogP contribution in [0, 0.1) is 0 Å². The topological polar surface area (TPSA) is 37.3 Å². The quantitative estimate of drug-likeness (QED) is 0.447. The molecule has 1 N–H and O–H groups in total. The SMILES string of the molecule is CCCCCCCCCCCC=CC(=O)O.[Co]. The molecule has 0 amide bonds. The van der Waals surface area contributed by atoms with Gasteiger partial charge in [0.25, 0.3) is 0 Å². The van der Waals surface area contributed by atoms with Crippen LogP contribution in [0.1, 0.15) is 71.1 Å². The Kier molecular flexibility index (Phi) is 17.6. The average Bonchev–Trinajstić information content (AvgIpc) is 2.25. The Morgan fingerprint density at radius 2 is 1.41 bits per heavy atom. The maximum absolute atomic E-state index is 10.2. The summed E-state index contributed by atoms with van der Waals surface area (Å²) in [5.74, 6) is -0.837. The van der Waals surface area contributed by atoms with Crippen molar-refractivity contribution >= 4 is 5.97 Å². The van der Waals surface area contributed by atoms with Crippen LogP contribution in [0.2, 0.25) is 0 Å². The molecule has 2 nitrogen and oxygen atoms in total. The molecule has 0 fully saturated rings. The van der Waals surface area contributed by atoms with Gasteiger partial charge in [-0.15, -0.1) is 0 Å². The molecule has 0 saturated heterocycles. The number of allylic oxidation sites excluding steroid dienone is 1. The van der Waals surface area contributed by atoms with Gasteiger partial charge in [0.2, 0.25) is 0 Å². The van der Waals surface area contributed by atoms with Crippen molar-refractivity contribution in [2.24, 2.45) is 0 Å². The van der Waals surface area contributed by atoms with Crippen molar-refractivity contribution in [1.29, 1.82) is 0 Å². The van der Waals surface area contributed by atoms with Gasteiger partial charge in [0.1, 0.15) is 0 Å². The monoisotopic (exact) mass is 285 g/mol. The van der Waals surface area contributed by atoms with Crippen LogP contribution in [0.25, 0.3) is 0 Å². The van der Waals surface area contributed by atoms with Crippen molar-refractivity contribution in [2.75, 3.05) is 0 Å². The van der Waals surface area contributed by atoms with Gasteiger partial charge in [-0.1, -0.05) is 64.4 Å². The molecule has 0 aliphatic heterocycles. The molecular formula is C14H26CoO2. The Labute approximate surface area is 116 Å². The van der Waals surface area contributed by atoms with Crippen LogP contribution in [0.3, 0.4) is 0 Å². The molecule has 0 aliphatic rings. The van der Waals surface area contributed by atoms with Gasteiger partial charge in [-0.3, -0.25) is 0 Å².